The minimum Gasteiger partial charge on any atom is -0.378 e. The fourth-order valence-electron chi connectivity index (χ4n) is 2.78. The number of aryl methyl sites for hydroxylation is 1. The van der Waals surface area contributed by atoms with Crippen molar-refractivity contribution in [1.82, 2.24) is 0 Å². The predicted octanol–water partition coefficient (Wildman–Crippen LogP) is 5.24. The monoisotopic (exact) mass is 368 g/mol. The molecular weight excluding hydrogens is 354 g/mol. The van der Waals surface area contributed by atoms with E-state index < -0.39 is 5.92 Å². The van der Waals surface area contributed by atoms with Gasteiger partial charge >= 0.3 is 0 Å². The second-order valence-corrected chi connectivity index (χ2v) is 7.12. The van der Waals surface area contributed by atoms with Crippen molar-refractivity contribution in [2.75, 3.05) is 31.2 Å². The molecule has 2 heterocycles. The second-order valence-electron chi connectivity index (χ2n) is 5.48. The Hall–Kier alpha value is -1.68. The molecule has 0 unspecified atom stereocenters. The number of thiophene rings is 1. The summed E-state index contributed by atoms with van der Waals surface area (Å²) in [5.74, 6) is -3.24. The molecule has 24 heavy (non-hydrogen) atoms. The highest BCUT2D eigenvalue weighted by Crippen LogP contribution is 2.51. The van der Waals surface area contributed by atoms with E-state index in [1.165, 1.54) is 35.6 Å². The van der Waals surface area contributed by atoms with Crippen molar-refractivity contribution < 1.29 is 13.5 Å². The molecule has 1 aromatic carbocycles. The minimum atomic E-state index is -3.24. The molecular formula is C17H15ClF2N2OS. The number of benzene rings is 1. The molecule has 1 fully saturated rings. The van der Waals surface area contributed by atoms with Gasteiger partial charge in [0.15, 0.2) is 0 Å². The van der Waals surface area contributed by atoms with Crippen molar-refractivity contribution in [3.63, 3.8) is 0 Å². The zero-order valence-corrected chi connectivity index (χ0v) is 14.6. The van der Waals surface area contributed by atoms with E-state index in [1.54, 1.807) is 6.92 Å². The van der Waals surface area contributed by atoms with E-state index in [4.69, 9.17) is 22.9 Å². The van der Waals surface area contributed by atoms with Crippen LogP contribution in [0.2, 0.25) is 5.02 Å². The number of hydrogen-bond acceptors (Lipinski definition) is 3. The van der Waals surface area contributed by atoms with Crippen LogP contribution in [0.15, 0.2) is 24.3 Å². The van der Waals surface area contributed by atoms with Gasteiger partial charge in [0.25, 0.3) is 5.92 Å². The van der Waals surface area contributed by atoms with Crippen LogP contribution in [0.3, 0.4) is 0 Å². The summed E-state index contributed by atoms with van der Waals surface area (Å²) >= 11 is 7.04. The second kappa shape index (κ2) is 6.67. The van der Waals surface area contributed by atoms with Crippen LogP contribution >= 0.6 is 22.9 Å². The number of rotatable bonds is 3. The summed E-state index contributed by atoms with van der Waals surface area (Å²) in [6.07, 6.45) is 0. The smallest absolute Gasteiger partial charge is 0.290 e. The summed E-state index contributed by atoms with van der Waals surface area (Å²) < 4.78 is 35.5. The van der Waals surface area contributed by atoms with Crippen LogP contribution in [0, 0.1) is 13.5 Å². The van der Waals surface area contributed by atoms with Crippen LogP contribution in [-0.4, -0.2) is 26.3 Å². The van der Waals surface area contributed by atoms with Gasteiger partial charge in [0.1, 0.15) is 0 Å². The number of alkyl halides is 2. The molecule has 1 aliphatic rings. The molecule has 0 N–H and O–H groups in total. The van der Waals surface area contributed by atoms with Gasteiger partial charge in [0, 0.05) is 34.1 Å². The summed E-state index contributed by atoms with van der Waals surface area (Å²) in [5.41, 5.74) is -0.322. The highest BCUT2D eigenvalue weighted by Gasteiger charge is 2.41. The van der Waals surface area contributed by atoms with Crippen molar-refractivity contribution in [2.24, 2.45) is 0 Å². The molecule has 3 rings (SSSR count). The van der Waals surface area contributed by atoms with Gasteiger partial charge in [-0.15, -0.1) is 11.3 Å². The largest absolute Gasteiger partial charge is 0.378 e. The van der Waals surface area contributed by atoms with Gasteiger partial charge in [0.2, 0.25) is 5.69 Å². The van der Waals surface area contributed by atoms with Crippen LogP contribution in [-0.2, 0) is 10.7 Å². The first-order valence-corrected chi connectivity index (χ1v) is 8.62. The molecule has 0 saturated carbocycles. The third kappa shape index (κ3) is 3.00. The minimum absolute atomic E-state index is 0.0411. The summed E-state index contributed by atoms with van der Waals surface area (Å²) in [5, 5.41) is 1.01. The third-order valence-corrected chi connectivity index (χ3v) is 5.38. The maximum Gasteiger partial charge on any atom is 0.290 e. The lowest BCUT2D eigenvalue weighted by molar-refractivity contribution is 0.0436. The fourth-order valence-corrected chi connectivity index (χ4v) is 4.07. The van der Waals surface area contributed by atoms with Crippen LogP contribution in [0.1, 0.15) is 16.0 Å². The molecule has 2 aromatic rings. The number of halogens is 3. The quantitative estimate of drug-likeness (QED) is 0.689. The van der Waals surface area contributed by atoms with Crippen LogP contribution < -0.4 is 4.90 Å². The SMILES string of the molecule is [C-]#[N+]c1c(N2CCOCC2)sc(C)c1C(F)(F)c1ccc(Cl)cc1. The normalized spacial score (nSPS) is 15.4. The molecule has 0 aliphatic carbocycles. The maximum absolute atomic E-state index is 15.1. The van der Waals surface area contributed by atoms with E-state index in [9.17, 15) is 0 Å². The number of hydrogen-bond donors (Lipinski definition) is 0. The lowest BCUT2D eigenvalue weighted by Crippen LogP contribution is -2.35. The van der Waals surface area contributed by atoms with Gasteiger partial charge in [-0.25, -0.2) is 4.85 Å². The average molecular weight is 369 g/mol. The Morgan fingerprint density at radius 2 is 1.88 bits per heavy atom. The molecule has 0 amide bonds. The highest BCUT2D eigenvalue weighted by molar-refractivity contribution is 7.17. The van der Waals surface area contributed by atoms with Gasteiger partial charge in [-0.2, -0.15) is 8.78 Å². The zero-order chi connectivity index (χ0) is 17.3. The first-order valence-electron chi connectivity index (χ1n) is 7.43. The van der Waals surface area contributed by atoms with E-state index >= 15 is 8.78 Å². The molecule has 0 atom stereocenters. The first-order chi connectivity index (χ1) is 11.4. The lowest BCUT2D eigenvalue weighted by Gasteiger charge is -2.28. The van der Waals surface area contributed by atoms with Crippen molar-refractivity contribution in [2.45, 2.75) is 12.8 Å². The third-order valence-electron chi connectivity index (χ3n) is 3.97. The van der Waals surface area contributed by atoms with Crippen molar-refractivity contribution >= 4 is 33.6 Å². The Balaban J connectivity index is 2.08. The molecule has 0 bridgehead atoms. The average Bonchev–Trinajstić information content (AvgIpc) is 2.93. The Labute approximate surface area is 148 Å². The van der Waals surface area contributed by atoms with E-state index in [-0.39, 0.29) is 16.8 Å². The summed E-state index contributed by atoms with van der Waals surface area (Å²) in [4.78, 5) is 5.86. The van der Waals surface area contributed by atoms with Gasteiger partial charge in [-0.05, 0) is 19.1 Å². The number of morpholine rings is 1. The van der Waals surface area contributed by atoms with E-state index in [0.717, 1.165) is 0 Å². The van der Waals surface area contributed by atoms with Crippen LogP contribution in [0.25, 0.3) is 4.85 Å². The predicted molar refractivity (Wildman–Crippen MR) is 92.8 cm³/mol. The summed E-state index contributed by atoms with van der Waals surface area (Å²) in [6.45, 7) is 11.4. The van der Waals surface area contributed by atoms with E-state index in [0.29, 0.717) is 41.2 Å². The van der Waals surface area contributed by atoms with Crippen molar-refractivity contribution in [1.29, 1.82) is 0 Å². The molecule has 3 nitrogen and oxygen atoms in total. The van der Waals surface area contributed by atoms with Crippen molar-refractivity contribution in [3.05, 3.63) is 56.7 Å². The summed E-state index contributed by atoms with van der Waals surface area (Å²) in [7, 11) is 0. The first kappa shape index (κ1) is 17.2. The Morgan fingerprint density at radius 1 is 1.25 bits per heavy atom. The Morgan fingerprint density at radius 3 is 2.46 bits per heavy atom. The van der Waals surface area contributed by atoms with Crippen LogP contribution in [0.4, 0.5) is 19.5 Å². The van der Waals surface area contributed by atoms with Gasteiger partial charge in [-0.1, -0.05) is 23.7 Å². The van der Waals surface area contributed by atoms with Crippen molar-refractivity contribution in [3.8, 4) is 0 Å². The zero-order valence-electron chi connectivity index (χ0n) is 13.0. The van der Waals surface area contributed by atoms with Crippen LogP contribution in [0.5, 0.6) is 0 Å². The maximum atomic E-state index is 15.1. The summed E-state index contributed by atoms with van der Waals surface area (Å²) in [6, 6.07) is 5.49. The molecule has 1 aromatic heterocycles. The van der Waals surface area contributed by atoms with Gasteiger partial charge in [0.05, 0.1) is 24.8 Å². The van der Waals surface area contributed by atoms with E-state index in [1.807, 2.05) is 4.90 Å². The molecule has 1 aliphatic heterocycles. The number of ether oxygens (including phenoxy) is 1. The molecule has 1 saturated heterocycles. The molecule has 126 valence electrons. The topological polar surface area (TPSA) is 16.8 Å². The number of anilines is 1. The molecule has 7 heteroatoms. The Bertz CT molecular complexity index is 777. The Kier molecular flexibility index (Phi) is 4.77. The van der Waals surface area contributed by atoms with E-state index in [2.05, 4.69) is 4.85 Å². The fraction of sp³-hybridized carbons (Fsp3) is 0.353. The highest BCUT2D eigenvalue weighted by atomic mass is 35.5. The molecule has 0 spiro atoms. The lowest BCUT2D eigenvalue weighted by atomic mass is 9.99. The van der Waals surface area contributed by atoms with Gasteiger partial charge in [-0.3, -0.25) is 0 Å². The molecule has 0 radical (unpaired) electrons. The number of nitrogens with zero attached hydrogens (tertiary/aromatic N) is 2. The standard InChI is InChI=1S/C17H15ClF2N2OS/c1-11-14(17(19,20)12-3-5-13(18)6-4-12)15(21-2)16(24-11)22-7-9-23-10-8-22/h3-6H,7-10H2,1H3. The van der Waals surface area contributed by atoms with Gasteiger partial charge < -0.3 is 9.64 Å².